The number of amides is 1. The molecule has 0 atom stereocenters. The summed E-state index contributed by atoms with van der Waals surface area (Å²) in [5, 5.41) is 0. The van der Waals surface area contributed by atoms with E-state index < -0.39 is 5.60 Å². The fourth-order valence-electron chi connectivity index (χ4n) is 1.51. The lowest BCUT2D eigenvalue weighted by molar-refractivity contribution is 0.0274. The minimum absolute atomic E-state index is 0.193. The highest BCUT2D eigenvalue weighted by molar-refractivity contribution is 7.99. The standard InChI is InChI=1S/C13H25NO3S2/c1-13(2,3)17-12(15)14-4-8-18-10-6-16-7-11-19-9-5-14/h4-11H2,1-3H3. The van der Waals surface area contributed by atoms with Crippen LogP contribution in [0.2, 0.25) is 0 Å². The number of thioether (sulfide) groups is 2. The van der Waals surface area contributed by atoms with Gasteiger partial charge in [0.05, 0.1) is 13.2 Å². The first-order chi connectivity index (χ1) is 8.99. The van der Waals surface area contributed by atoms with Gasteiger partial charge in [0.2, 0.25) is 0 Å². The Balaban J connectivity index is 2.44. The van der Waals surface area contributed by atoms with Gasteiger partial charge in [0.15, 0.2) is 0 Å². The molecule has 1 saturated heterocycles. The van der Waals surface area contributed by atoms with Crippen LogP contribution in [0.15, 0.2) is 0 Å². The van der Waals surface area contributed by atoms with Crippen molar-refractivity contribution in [1.29, 1.82) is 0 Å². The van der Waals surface area contributed by atoms with E-state index in [1.807, 2.05) is 49.2 Å². The van der Waals surface area contributed by atoms with E-state index in [0.29, 0.717) is 0 Å². The van der Waals surface area contributed by atoms with Gasteiger partial charge in [0, 0.05) is 36.1 Å². The highest BCUT2D eigenvalue weighted by Gasteiger charge is 2.21. The quantitative estimate of drug-likeness (QED) is 0.688. The second-order valence-corrected chi connectivity index (χ2v) is 7.75. The van der Waals surface area contributed by atoms with E-state index >= 15 is 0 Å². The smallest absolute Gasteiger partial charge is 0.410 e. The predicted molar refractivity (Wildman–Crippen MR) is 83.3 cm³/mol. The number of hydrogen-bond donors (Lipinski definition) is 0. The molecule has 19 heavy (non-hydrogen) atoms. The Morgan fingerprint density at radius 2 is 1.58 bits per heavy atom. The van der Waals surface area contributed by atoms with Crippen molar-refractivity contribution in [2.45, 2.75) is 26.4 Å². The summed E-state index contributed by atoms with van der Waals surface area (Å²) in [6, 6.07) is 0. The minimum Gasteiger partial charge on any atom is -0.444 e. The molecule has 1 aliphatic heterocycles. The maximum absolute atomic E-state index is 12.1. The Morgan fingerprint density at radius 1 is 1.05 bits per heavy atom. The molecule has 0 aromatic carbocycles. The van der Waals surface area contributed by atoms with Gasteiger partial charge < -0.3 is 14.4 Å². The molecule has 0 unspecified atom stereocenters. The zero-order valence-corrected chi connectivity index (χ0v) is 13.8. The Morgan fingerprint density at radius 3 is 2.05 bits per heavy atom. The summed E-state index contributed by atoms with van der Waals surface area (Å²) in [6.07, 6.45) is -0.193. The first-order valence-corrected chi connectivity index (χ1v) is 9.01. The summed E-state index contributed by atoms with van der Waals surface area (Å²) in [4.78, 5) is 13.9. The number of nitrogens with zero attached hydrogens (tertiary/aromatic N) is 1. The summed E-state index contributed by atoms with van der Waals surface area (Å²) < 4.78 is 10.9. The third kappa shape index (κ3) is 8.65. The highest BCUT2D eigenvalue weighted by atomic mass is 32.2. The number of ether oxygens (including phenoxy) is 2. The topological polar surface area (TPSA) is 38.8 Å². The van der Waals surface area contributed by atoms with Crippen molar-refractivity contribution in [3.63, 3.8) is 0 Å². The highest BCUT2D eigenvalue weighted by Crippen LogP contribution is 2.12. The van der Waals surface area contributed by atoms with Gasteiger partial charge in [0.25, 0.3) is 0 Å². The van der Waals surface area contributed by atoms with Crippen LogP contribution in [0.3, 0.4) is 0 Å². The SMILES string of the molecule is CC(C)(C)OC(=O)N1CCSCCOCCSCC1. The number of carbonyl (C=O) groups excluding carboxylic acids is 1. The van der Waals surface area contributed by atoms with Gasteiger partial charge in [0.1, 0.15) is 5.60 Å². The molecule has 0 aliphatic carbocycles. The molecule has 6 heteroatoms. The van der Waals surface area contributed by atoms with Gasteiger partial charge >= 0.3 is 6.09 Å². The molecule has 0 bridgehead atoms. The van der Waals surface area contributed by atoms with Crippen LogP contribution in [0, 0.1) is 0 Å². The van der Waals surface area contributed by atoms with Gasteiger partial charge in [-0.05, 0) is 20.8 Å². The molecule has 0 aromatic rings. The minimum atomic E-state index is -0.422. The van der Waals surface area contributed by atoms with Crippen molar-refractivity contribution >= 4 is 29.6 Å². The number of hydrogen-bond acceptors (Lipinski definition) is 5. The van der Waals surface area contributed by atoms with E-state index in [-0.39, 0.29) is 6.09 Å². The molecule has 0 radical (unpaired) electrons. The summed E-state index contributed by atoms with van der Waals surface area (Å²) >= 11 is 3.65. The second kappa shape index (κ2) is 8.97. The number of carbonyl (C=O) groups is 1. The van der Waals surface area contributed by atoms with Gasteiger partial charge in [-0.25, -0.2) is 4.79 Å². The molecule has 1 heterocycles. The van der Waals surface area contributed by atoms with E-state index in [1.54, 1.807) is 0 Å². The predicted octanol–water partition coefficient (Wildman–Crippen LogP) is 2.72. The lowest BCUT2D eigenvalue weighted by Crippen LogP contribution is -2.39. The first-order valence-electron chi connectivity index (χ1n) is 6.70. The molecule has 1 amide bonds. The fourth-order valence-corrected chi connectivity index (χ4v) is 3.09. The average molecular weight is 307 g/mol. The number of rotatable bonds is 0. The zero-order chi connectivity index (χ0) is 14.1. The molecule has 0 N–H and O–H groups in total. The molecule has 0 spiro atoms. The van der Waals surface area contributed by atoms with Crippen LogP contribution in [0.25, 0.3) is 0 Å². The lowest BCUT2D eigenvalue weighted by atomic mass is 10.2. The molecule has 1 aliphatic rings. The van der Waals surface area contributed by atoms with Crippen LogP contribution in [0.1, 0.15) is 20.8 Å². The molecule has 0 aromatic heterocycles. The van der Waals surface area contributed by atoms with Crippen LogP contribution in [-0.4, -0.2) is 65.9 Å². The average Bonchev–Trinajstić information content (AvgIpc) is 2.27. The molecule has 4 nitrogen and oxygen atoms in total. The van der Waals surface area contributed by atoms with Gasteiger partial charge in [-0.1, -0.05) is 0 Å². The van der Waals surface area contributed by atoms with Gasteiger partial charge in [-0.3, -0.25) is 0 Å². The molecule has 112 valence electrons. The summed E-state index contributed by atoms with van der Waals surface area (Å²) in [5.41, 5.74) is -0.422. The van der Waals surface area contributed by atoms with Crippen LogP contribution in [0.4, 0.5) is 4.79 Å². The molecule has 1 rings (SSSR count). The monoisotopic (exact) mass is 307 g/mol. The molecular formula is C13H25NO3S2. The maximum atomic E-state index is 12.1. The Kier molecular flexibility index (Phi) is 8.02. The Labute approximate surface area is 125 Å². The van der Waals surface area contributed by atoms with Crippen molar-refractivity contribution in [3.8, 4) is 0 Å². The Bertz CT molecular complexity index is 257. The largest absolute Gasteiger partial charge is 0.444 e. The Hall–Kier alpha value is -0.0700. The van der Waals surface area contributed by atoms with E-state index in [2.05, 4.69) is 0 Å². The van der Waals surface area contributed by atoms with Crippen LogP contribution >= 0.6 is 23.5 Å². The van der Waals surface area contributed by atoms with Gasteiger partial charge in [-0.2, -0.15) is 23.5 Å². The van der Waals surface area contributed by atoms with E-state index in [9.17, 15) is 4.79 Å². The van der Waals surface area contributed by atoms with Crippen molar-refractivity contribution in [3.05, 3.63) is 0 Å². The van der Waals surface area contributed by atoms with Crippen LogP contribution in [-0.2, 0) is 9.47 Å². The lowest BCUT2D eigenvalue weighted by Gasteiger charge is -2.27. The third-order valence-electron chi connectivity index (χ3n) is 2.41. The van der Waals surface area contributed by atoms with Crippen LogP contribution < -0.4 is 0 Å². The third-order valence-corrected chi connectivity index (χ3v) is 4.26. The van der Waals surface area contributed by atoms with Crippen molar-refractivity contribution in [2.24, 2.45) is 0 Å². The zero-order valence-electron chi connectivity index (χ0n) is 12.1. The van der Waals surface area contributed by atoms with Crippen molar-refractivity contribution in [2.75, 3.05) is 49.3 Å². The van der Waals surface area contributed by atoms with Gasteiger partial charge in [-0.15, -0.1) is 0 Å². The normalized spacial score (nSPS) is 20.3. The van der Waals surface area contributed by atoms with Crippen molar-refractivity contribution in [1.82, 2.24) is 4.90 Å². The van der Waals surface area contributed by atoms with Crippen LogP contribution in [0.5, 0.6) is 0 Å². The maximum Gasteiger partial charge on any atom is 0.410 e. The molecular weight excluding hydrogens is 282 g/mol. The van der Waals surface area contributed by atoms with E-state index in [1.165, 1.54) is 0 Å². The fraction of sp³-hybridized carbons (Fsp3) is 0.923. The summed E-state index contributed by atoms with van der Waals surface area (Å²) in [5.74, 6) is 3.86. The summed E-state index contributed by atoms with van der Waals surface area (Å²) in [7, 11) is 0. The molecule has 1 fully saturated rings. The molecule has 0 saturated carbocycles. The van der Waals surface area contributed by atoms with Crippen molar-refractivity contribution < 1.29 is 14.3 Å². The second-order valence-electron chi connectivity index (χ2n) is 5.30. The summed E-state index contributed by atoms with van der Waals surface area (Å²) in [6.45, 7) is 8.82. The first kappa shape index (κ1) is 17.0. The van der Waals surface area contributed by atoms with E-state index in [0.717, 1.165) is 49.3 Å². The van der Waals surface area contributed by atoms with E-state index in [4.69, 9.17) is 9.47 Å².